The average molecular weight is 583 g/mol. The van der Waals surface area contributed by atoms with Crippen LogP contribution in [0.2, 0.25) is 0 Å². The highest BCUT2D eigenvalue weighted by molar-refractivity contribution is 9.09. The molecule has 0 aromatic heterocycles. The monoisotopic (exact) mass is 582 g/mol. The van der Waals surface area contributed by atoms with Crippen LogP contribution in [-0.2, 0) is 28.7 Å². The van der Waals surface area contributed by atoms with Crippen LogP contribution in [0.4, 0.5) is 4.39 Å². The van der Waals surface area contributed by atoms with Gasteiger partial charge in [-0.3, -0.25) is 19.2 Å². The number of ketones is 2. The number of aliphatic hydroxyl groups is 1. The number of ether oxygens (including phenoxy) is 2. The molecule has 0 aliphatic heterocycles. The Balaban J connectivity index is 1.84. The van der Waals surface area contributed by atoms with E-state index in [-0.39, 0.29) is 25.0 Å². The lowest BCUT2D eigenvalue weighted by Crippen LogP contribution is -2.72. The Hall–Kier alpha value is -1.87. The number of Topliss-reactive ketones (excluding diaryl/α,β-unsaturated/α-hetero) is 1. The summed E-state index contributed by atoms with van der Waals surface area (Å²) in [6.45, 7) is 7.99. The molecule has 37 heavy (non-hydrogen) atoms. The van der Waals surface area contributed by atoms with E-state index in [0.717, 1.165) is 0 Å². The second-order valence-electron chi connectivity index (χ2n) is 11.5. The van der Waals surface area contributed by atoms with Gasteiger partial charge in [0.25, 0.3) is 0 Å². The molecule has 9 atom stereocenters. The summed E-state index contributed by atoms with van der Waals surface area (Å²) in [5.41, 5.74) is -5.52. The number of esters is 2. The molecule has 0 spiro atoms. The molecule has 0 bridgehead atoms. The first-order chi connectivity index (χ1) is 17.2. The van der Waals surface area contributed by atoms with E-state index in [4.69, 9.17) is 9.47 Å². The van der Waals surface area contributed by atoms with E-state index in [1.54, 1.807) is 40.7 Å². The zero-order valence-corrected chi connectivity index (χ0v) is 23.6. The molecule has 4 rings (SSSR count). The zero-order valence-electron chi connectivity index (χ0n) is 22.0. The molecule has 9 heteroatoms. The molecule has 0 aromatic carbocycles. The van der Waals surface area contributed by atoms with E-state index in [1.165, 1.54) is 12.2 Å². The van der Waals surface area contributed by atoms with Gasteiger partial charge in [0.05, 0.1) is 6.10 Å². The average Bonchev–Trinajstić information content (AvgIpc) is 3.05. The Morgan fingerprint density at radius 3 is 2.46 bits per heavy atom. The van der Waals surface area contributed by atoms with Crippen LogP contribution in [0.5, 0.6) is 0 Å². The first kappa shape index (κ1) is 28.1. The Morgan fingerprint density at radius 1 is 1.19 bits per heavy atom. The van der Waals surface area contributed by atoms with Crippen molar-refractivity contribution in [3.63, 3.8) is 0 Å². The summed E-state index contributed by atoms with van der Waals surface area (Å²) in [5.74, 6) is -3.59. The van der Waals surface area contributed by atoms with Gasteiger partial charge in [0.15, 0.2) is 23.7 Å². The molecule has 0 aromatic rings. The fourth-order valence-corrected chi connectivity index (χ4v) is 9.05. The predicted octanol–water partition coefficient (Wildman–Crippen LogP) is 4.19. The molecule has 1 N–H and O–H groups in total. The van der Waals surface area contributed by atoms with E-state index in [9.17, 15) is 24.3 Å². The standard InChI is InChI=1S/C28H36BrFO7/c1-6-22(34)36-14-21(33)28(37-23(35)7-2)15(3)10-18-24-19(29)12-16-11-17(31)8-9-25(16,4)27(24,30)20(32)13-26(18,28)5/h8-9,11,15,18-20,24,32H,6-7,10,12-14H2,1-5H3/t15-,18-,19+,20-,24+,25-,26-,27+,28+/m0/s1. The fraction of sp³-hybridized carbons (Fsp3) is 0.714. The van der Waals surface area contributed by atoms with Gasteiger partial charge < -0.3 is 14.6 Å². The van der Waals surface area contributed by atoms with Gasteiger partial charge in [-0.2, -0.15) is 0 Å². The second kappa shape index (κ2) is 9.40. The summed E-state index contributed by atoms with van der Waals surface area (Å²) in [6.07, 6.45) is 3.64. The number of carbonyl (C=O) groups excluding carboxylic acids is 4. The number of halogens is 2. The molecular formula is C28H36BrFO7. The van der Waals surface area contributed by atoms with Crippen molar-refractivity contribution in [1.82, 2.24) is 0 Å². The van der Waals surface area contributed by atoms with Gasteiger partial charge in [-0.25, -0.2) is 4.39 Å². The van der Waals surface area contributed by atoms with Crippen molar-refractivity contribution >= 4 is 39.4 Å². The van der Waals surface area contributed by atoms with Crippen molar-refractivity contribution in [2.45, 2.75) is 88.9 Å². The van der Waals surface area contributed by atoms with E-state index >= 15 is 4.39 Å². The van der Waals surface area contributed by atoms with Crippen LogP contribution in [0.3, 0.4) is 0 Å². The predicted molar refractivity (Wildman–Crippen MR) is 136 cm³/mol. The normalized spacial score (nSPS) is 44.3. The van der Waals surface area contributed by atoms with Crippen LogP contribution in [0.1, 0.15) is 66.7 Å². The quantitative estimate of drug-likeness (QED) is 0.369. The Morgan fingerprint density at radius 2 is 1.84 bits per heavy atom. The minimum atomic E-state index is -2.13. The van der Waals surface area contributed by atoms with Crippen LogP contribution in [-0.4, -0.2) is 57.4 Å². The van der Waals surface area contributed by atoms with E-state index in [1.807, 2.05) is 0 Å². The molecule has 0 heterocycles. The molecule has 7 nitrogen and oxygen atoms in total. The third kappa shape index (κ3) is 3.73. The maximum atomic E-state index is 17.6. The Labute approximate surface area is 225 Å². The van der Waals surface area contributed by atoms with Crippen molar-refractivity contribution in [3.05, 3.63) is 23.8 Å². The van der Waals surface area contributed by atoms with Crippen molar-refractivity contribution in [3.8, 4) is 0 Å². The van der Waals surface area contributed by atoms with E-state index in [0.29, 0.717) is 18.4 Å². The maximum absolute atomic E-state index is 17.6. The molecular weight excluding hydrogens is 547 g/mol. The topological polar surface area (TPSA) is 107 Å². The third-order valence-electron chi connectivity index (χ3n) is 9.78. The highest BCUT2D eigenvalue weighted by atomic mass is 79.9. The summed E-state index contributed by atoms with van der Waals surface area (Å²) >= 11 is 3.69. The fourth-order valence-electron chi connectivity index (χ4n) is 7.95. The largest absolute Gasteiger partial charge is 0.457 e. The lowest BCUT2D eigenvalue weighted by molar-refractivity contribution is -0.227. The molecule has 0 amide bonds. The minimum absolute atomic E-state index is 0.0302. The van der Waals surface area contributed by atoms with Crippen molar-refractivity contribution in [1.29, 1.82) is 0 Å². The Kier molecular flexibility index (Phi) is 7.15. The first-order valence-corrected chi connectivity index (χ1v) is 14.0. The summed E-state index contributed by atoms with van der Waals surface area (Å²) in [4.78, 5) is 50.1. The van der Waals surface area contributed by atoms with Gasteiger partial charge in [0.1, 0.15) is 0 Å². The highest BCUT2D eigenvalue weighted by Crippen LogP contribution is 2.72. The van der Waals surface area contributed by atoms with E-state index < -0.39 is 75.1 Å². The van der Waals surface area contributed by atoms with Crippen molar-refractivity contribution in [2.75, 3.05) is 6.61 Å². The van der Waals surface area contributed by atoms with Gasteiger partial charge in [0, 0.05) is 40.3 Å². The number of hydrogen-bond acceptors (Lipinski definition) is 7. The molecule has 3 fully saturated rings. The minimum Gasteiger partial charge on any atom is -0.457 e. The molecule has 4 aliphatic carbocycles. The van der Waals surface area contributed by atoms with E-state index in [2.05, 4.69) is 15.9 Å². The Bertz CT molecular complexity index is 1090. The van der Waals surface area contributed by atoms with Gasteiger partial charge in [0.2, 0.25) is 5.78 Å². The number of carbonyl (C=O) groups is 4. The van der Waals surface area contributed by atoms with Gasteiger partial charge in [-0.1, -0.05) is 55.3 Å². The summed E-state index contributed by atoms with van der Waals surface area (Å²) < 4.78 is 28.8. The maximum Gasteiger partial charge on any atom is 0.306 e. The number of rotatable bonds is 6. The smallest absolute Gasteiger partial charge is 0.306 e. The van der Waals surface area contributed by atoms with Crippen LogP contribution in [0, 0.1) is 28.6 Å². The van der Waals surface area contributed by atoms with Crippen molar-refractivity contribution in [2.24, 2.45) is 28.6 Å². The molecule has 0 unspecified atom stereocenters. The summed E-state index contributed by atoms with van der Waals surface area (Å²) in [7, 11) is 0. The lowest BCUT2D eigenvalue weighted by atomic mass is 9.44. The van der Waals surface area contributed by atoms with Gasteiger partial charge >= 0.3 is 11.9 Å². The van der Waals surface area contributed by atoms with Gasteiger partial charge in [-0.05, 0) is 44.3 Å². The van der Waals surface area contributed by atoms with Crippen LogP contribution >= 0.6 is 15.9 Å². The molecule has 4 aliphatic rings. The zero-order chi connectivity index (χ0) is 27.6. The molecule has 0 saturated heterocycles. The number of alkyl halides is 2. The van der Waals surface area contributed by atoms with Crippen molar-refractivity contribution < 1.29 is 38.1 Å². The number of aliphatic hydroxyl groups excluding tert-OH is 1. The highest BCUT2D eigenvalue weighted by Gasteiger charge is 2.78. The summed E-state index contributed by atoms with van der Waals surface area (Å²) in [5, 5.41) is 11.6. The van der Waals surface area contributed by atoms with Crippen LogP contribution in [0.15, 0.2) is 23.8 Å². The molecule has 204 valence electrons. The number of fused-ring (bicyclic) bond motifs is 5. The van der Waals surface area contributed by atoms with Crippen LogP contribution in [0.25, 0.3) is 0 Å². The molecule has 0 radical (unpaired) electrons. The number of allylic oxidation sites excluding steroid dienone is 4. The summed E-state index contributed by atoms with van der Waals surface area (Å²) in [6, 6.07) is 0. The third-order valence-corrected chi connectivity index (χ3v) is 10.7. The second-order valence-corrected chi connectivity index (χ2v) is 12.7. The lowest BCUT2D eigenvalue weighted by Gasteiger charge is -2.64. The number of hydrogen-bond donors (Lipinski definition) is 1. The first-order valence-electron chi connectivity index (χ1n) is 13.1. The van der Waals surface area contributed by atoms with Crippen LogP contribution < -0.4 is 0 Å². The van der Waals surface area contributed by atoms with Gasteiger partial charge in [-0.15, -0.1) is 0 Å². The SMILES string of the molecule is CCC(=O)OCC(=O)[C@]1(OC(=O)CC)[C@@H](C)C[C@H]2[C@@H]3[C@H](Br)CC4=CC(=O)C=C[C@]4(C)[C@@]3(F)[C@@H](O)C[C@@]21C. The molecule has 3 saturated carbocycles.